The lowest BCUT2D eigenvalue weighted by Crippen LogP contribution is -2.23. The number of nitrogens with zero attached hydrogens (tertiary/aromatic N) is 2. The molecule has 6 nitrogen and oxygen atoms in total. The molecule has 1 aromatic heterocycles. The van der Waals surface area contributed by atoms with Gasteiger partial charge >= 0.3 is 5.97 Å². The lowest BCUT2D eigenvalue weighted by Gasteiger charge is -2.04. The molecule has 0 unspecified atom stereocenters. The number of ether oxygens (including phenoxy) is 2. The molecule has 1 amide bonds. The van der Waals surface area contributed by atoms with Crippen LogP contribution in [0.15, 0.2) is 46.3 Å². The number of halogens is 2. The van der Waals surface area contributed by atoms with Crippen LogP contribution in [-0.2, 0) is 20.9 Å². The Labute approximate surface area is 179 Å². The number of hydrogen-bond acceptors (Lipinski definition) is 6. The van der Waals surface area contributed by atoms with Crippen LogP contribution in [0.25, 0.3) is 10.2 Å². The minimum absolute atomic E-state index is 0.00552. The second kappa shape index (κ2) is 9.86. The zero-order valence-electron chi connectivity index (χ0n) is 16.2. The number of thiazole rings is 1. The molecule has 30 heavy (non-hydrogen) atoms. The van der Waals surface area contributed by atoms with Crippen LogP contribution < -0.4 is 9.54 Å². The second-order valence-corrected chi connectivity index (χ2v) is 8.24. The molecular formula is C20H18F2N2O4S2. The van der Waals surface area contributed by atoms with Gasteiger partial charge in [0, 0.05) is 23.1 Å². The molecule has 0 spiro atoms. The van der Waals surface area contributed by atoms with Crippen LogP contribution in [-0.4, -0.2) is 36.4 Å². The fraction of sp³-hybridized carbons (Fsp3) is 0.250. The lowest BCUT2D eigenvalue weighted by molar-refractivity contribution is -0.141. The Morgan fingerprint density at radius 2 is 1.90 bits per heavy atom. The quantitative estimate of drug-likeness (QED) is 0.403. The number of carbonyl (C=O) groups excluding carboxylic acids is 2. The average Bonchev–Trinajstić information content (AvgIpc) is 3.05. The van der Waals surface area contributed by atoms with Gasteiger partial charge in [0.05, 0.1) is 24.4 Å². The Morgan fingerprint density at radius 1 is 1.17 bits per heavy atom. The molecule has 0 saturated heterocycles. The molecule has 0 N–H and O–H groups in total. The molecule has 10 heteroatoms. The molecule has 3 aromatic rings. The van der Waals surface area contributed by atoms with Gasteiger partial charge in [-0.05, 0) is 30.3 Å². The number of rotatable bonds is 7. The first-order chi connectivity index (χ1) is 14.4. The molecule has 0 aliphatic carbocycles. The van der Waals surface area contributed by atoms with Crippen molar-refractivity contribution in [1.82, 2.24) is 4.57 Å². The normalized spacial score (nSPS) is 11.7. The lowest BCUT2D eigenvalue weighted by atomic mass is 10.3. The Bertz CT molecular complexity index is 1140. The van der Waals surface area contributed by atoms with E-state index < -0.39 is 23.5 Å². The highest BCUT2D eigenvalue weighted by Crippen LogP contribution is 2.23. The maximum atomic E-state index is 14.3. The summed E-state index contributed by atoms with van der Waals surface area (Å²) in [7, 11) is 2.79. The van der Waals surface area contributed by atoms with E-state index >= 15 is 0 Å². The van der Waals surface area contributed by atoms with Crippen LogP contribution in [0.2, 0.25) is 0 Å². The third kappa shape index (κ3) is 5.25. The van der Waals surface area contributed by atoms with Crippen molar-refractivity contribution in [3.8, 4) is 5.75 Å². The Morgan fingerprint density at radius 3 is 2.57 bits per heavy atom. The molecule has 0 atom stereocenters. The van der Waals surface area contributed by atoms with Crippen LogP contribution in [0.4, 0.5) is 8.78 Å². The highest BCUT2D eigenvalue weighted by Gasteiger charge is 2.16. The van der Waals surface area contributed by atoms with Crippen LogP contribution in [0.5, 0.6) is 5.75 Å². The number of methoxy groups -OCH3 is 2. The van der Waals surface area contributed by atoms with Gasteiger partial charge in [-0.1, -0.05) is 11.3 Å². The molecule has 0 aliphatic heterocycles. The van der Waals surface area contributed by atoms with Gasteiger partial charge in [-0.2, -0.15) is 4.99 Å². The molecule has 0 fully saturated rings. The molecule has 3 rings (SSSR count). The molecular weight excluding hydrogens is 434 g/mol. The van der Waals surface area contributed by atoms with E-state index in [1.807, 2.05) is 24.3 Å². The molecule has 0 saturated carbocycles. The standard InChI is InChI=1S/C20H18F2N2O4S2/c1-27-13-3-5-14(6-4-13)29-8-7-17(25)23-20-24(11-18(26)28-2)19-15(22)9-12(21)10-16(19)30-20/h3-6,9-10H,7-8,11H2,1-2H3. The average molecular weight is 453 g/mol. The maximum absolute atomic E-state index is 14.3. The predicted molar refractivity (Wildman–Crippen MR) is 111 cm³/mol. The van der Waals surface area contributed by atoms with Gasteiger partial charge in [0.15, 0.2) is 10.6 Å². The fourth-order valence-electron chi connectivity index (χ4n) is 2.65. The molecule has 2 aromatic carbocycles. The van der Waals surface area contributed by atoms with Crippen LogP contribution in [0.3, 0.4) is 0 Å². The monoisotopic (exact) mass is 452 g/mol. The minimum atomic E-state index is -0.839. The zero-order chi connectivity index (χ0) is 21.7. The predicted octanol–water partition coefficient (Wildman–Crippen LogP) is 3.77. The van der Waals surface area contributed by atoms with Gasteiger partial charge in [-0.15, -0.1) is 11.8 Å². The summed E-state index contributed by atoms with van der Waals surface area (Å²) in [4.78, 5) is 29.2. The number of benzene rings is 2. The second-order valence-electron chi connectivity index (χ2n) is 6.06. The summed E-state index contributed by atoms with van der Waals surface area (Å²) >= 11 is 2.42. The van der Waals surface area contributed by atoms with Crippen molar-refractivity contribution >= 4 is 45.2 Å². The van der Waals surface area contributed by atoms with Gasteiger partial charge in [0.1, 0.15) is 18.1 Å². The van der Waals surface area contributed by atoms with Crippen molar-refractivity contribution in [2.24, 2.45) is 4.99 Å². The third-order valence-corrected chi connectivity index (χ3v) is 6.11. The summed E-state index contributed by atoms with van der Waals surface area (Å²) < 4.78 is 39.1. The number of esters is 1. The van der Waals surface area contributed by atoms with E-state index in [0.717, 1.165) is 34.1 Å². The van der Waals surface area contributed by atoms with E-state index in [4.69, 9.17) is 4.74 Å². The Balaban J connectivity index is 1.81. The highest BCUT2D eigenvalue weighted by molar-refractivity contribution is 7.99. The first kappa shape index (κ1) is 22.0. The Hall–Kier alpha value is -2.72. The number of fused-ring (bicyclic) bond motifs is 1. The van der Waals surface area contributed by atoms with Crippen LogP contribution in [0, 0.1) is 11.6 Å². The molecule has 158 valence electrons. The Kier molecular flexibility index (Phi) is 7.22. The number of carbonyl (C=O) groups is 2. The zero-order valence-corrected chi connectivity index (χ0v) is 17.8. The van der Waals surface area contributed by atoms with Crippen molar-refractivity contribution < 1.29 is 27.8 Å². The van der Waals surface area contributed by atoms with Gasteiger partial charge in [0.25, 0.3) is 0 Å². The van der Waals surface area contributed by atoms with E-state index in [1.165, 1.54) is 23.4 Å². The molecule has 1 heterocycles. The van der Waals surface area contributed by atoms with Crippen molar-refractivity contribution in [2.45, 2.75) is 17.9 Å². The van der Waals surface area contributed by atoms with Crippen LogP contribution in [0.1, 0.15) is 6.42 Å². The summed E-state index contributed by atoms with van der Waals surface area (Å²) in [5.74, 6) is -1.42. The first-order valence-corrected chi connectivity index (χ1v) is 10.6. The minimum Gasteiger partial charge on any atom is -0.497 e. The first-order valence-electron chi connectivity index (χ1n) is 8.81. The van der Waals surface area contributed by atoms with Crippen molar-refractivity contribution in [3.05, 3.63) is 52.8 Å². The van der Waals surface area contributed by atoms with Gasteiger partial charge < -0.3 is 14.0 Å². The van der Waals surface area contributed by atoms with E-state index in [-0.39, 0.29) is 28.0 Å². The number of thioether (sulfide) groups is 1. The number of amides is 1. The van der Waals surface area contributed by atoms with E-state index in [2.05, 4.69) is 9.73 Å². The summed E-state index contributed by atoms with van der Waals surface area (Å²) in [5, 5.41) is 0. The van der Waals surface area contributed by atoms with Crippen molar-refractivity contribution in [2.75, 3.05) is 20.0 Å². The summed E-state index contributed by atoms with van der Waals surface area (Å²) in [6.07, 6.45) is 0.139. The van der Waals surface area contributed by atoms with Crippen molar-refractivity contribution in [1.29, 1.82) is 0 Å². The summed E-state index contributed by atoms with van der Waals surface area (Å²) in [6, 6.07) is 9.29. The summed E-state index contributed by atoms with van der Waals surface area (Å²) in [6.45, 7) is -0.342. The maximum Gasteiger partial charge on any atom is 0.325 e. The topological polar surface area (TPSA) is 69.9 Å². The fourth-order valence-corrected chi connectivity index (χ4v) is 4.57. The van der Waals surface area contributed by atoms with Crippen molar-refractivity contribution in [3.63, 3.8) is 0 Å². The number of aromatic nitrogens is 1. The number of hydrogen-bond donors (Lipinski definition) is 0. The third-order valence-electron chi connectivity index (χ3n) is 4.07. The summed E-state index contributed by atoms with van der Waals surface area (Å²) in [5.41, 5.74) is 0.00552. The van der Waals surface area contributed by atoms with Crippen LogP contribution >= 0.6 is 23.1 Å². The largest absolute Gasteiger partial charge is 0.497 e. The van der Waals surface area contributed by atoms with Gasteiger partial charge in [-0.25, -0.2) is 8.78 Å². The van der Waals surface area contributed by atoms with Gasteiger partial charge in [-0.3, -0.25) is 9.59 Å². The van der Waals surface area contributed by atoms with E-state index in [9.17, 15) is 18.4 Å². The smallest absolute Gasteiger partial charge is 0.325 e. The molecule has 0 aliphatic rings. The molecule has 0 radical (unpaired) electrons. The van der Waals surface area contributed by atoms with Gasteiger partial charge in [0.2, 0.25) is 5.91 Å². The highest BCUT2D eigenvalue weighted by atomic mass is 32.2. The van der Waals surface area contributed by atoms with E-state index in [0.29, 0.717) is 5.75 Å². The molecule has 0 bridgehead atoms. The van der Waals surface area contributed by atoms with E-state index in [1.54, 1.807) is 7.11 Å². The SMILES string of the molecule is COC(=O)Cn1c(=NC(=O)CCSc2ccc(OC)cc2)sc2cc(F)cc(F)c21.